The molecule has 0 atom stereocenters. The maximum absolute atomic E-state index is 13.4. The summed E-state index contributed by atoms with van der Waals surface area (Å²) in [5, 5.41) is 12.2. The molecule has 4 rings (SSSR count). The van der Waals surface area contributed by atoms with Gasteiger partial charge in [0.25, 0.3) is 5.91 Å². The zero-order valence-corrected chi connectivity index (χ0v) is 24.8. The number of ether oxygens (including phenoxy) is 3. The Balaban J connectivity index is 1.42. The first-order valence-electron chi connectivity index (χ1n) is 12.4. The van der Waals surface area contributed by atoms with Crippen LogP contribution in [0.5, 0.6) is 17.2 Å². The lowest BCUT2D eigenvalue weighted by Crippen LogP contribution is -2.35. The molecule has 1 N–H and O–H groups in total. The number of halogens is 1. The van der Waals surface area contributed by atoms with Gasteiger partial charge in [-0.15, -0.1) is 10.2 Å². The fourth-order valence-corrected chi connectivity index (χ4v) is 5.13. The number of hydrogen-bond donors (Lipinski definition) is 1. The van der Waals surface area contributed by atoms with Gasteiger partial charge < -0.3 is 24.4 Å². The Morgan fingerprint density at radius 3 is 2.38 bits per heavy atom. The third-order valence-corrected chi connectivity index (χ3v) is 7.48. The Labute approximate surface area is 245 Å². The molecule has 0 radical (unpaired) electrons. The maximum Gasteiger partial charge on any atom is 0.253 e. The lowest BCUT2D eigenvalue weighted by Gasteiger charge is -2.23. The van der Waals surface area contributed by atoms with Gasteiger partial charge in [-0.25, -0.2) is 0 Å². The Hall–Kier alpha value is -3.96. The van der Waals surface area contributed by atoms with Gasteiger partial charge in [-0.2, -0.15) is 0 Å². The fraction of sp³-hybridized carbons (Fsp3) is 0.241. The summed E-state index contributed by atoms with van der Waals surface area (Å²) in [7, 11) is 4.78. The van der Waals surface area contributed by atoms with Crippen molar-refractivity contribution in [3.63, 3.8) is 0 Å². The second-order valence-corrected chi connectivity index (χ2v) is 10.6. The molecular formula is C29H29BrN4O5S. The molecule has 0 saturated heterocycles. The van der Waals surface area contributed by atoms with Crippen molar-refractivity contribution in [2.45, 2.75) is 12.8 Å². The van der Waals surface area contributed by atoms with Crippen molar-refractivity contribution in [1.29, 1.82) is 0 Å². The molecule has 3 aromatic carbocycles. The van der Waals surface area contributed by atoms with Gasteiger partial charge in [0.2, 0.25) is 11.0 Å². The molecule has 0 bridgehead atoms. The second-order valence-electron chi connectivity index (χ2n) is 8.68. The van der Waals surface area contributed by atoms with Crippen molar-refractivity contribution < 1.29 is 23.8 Å². The zero-order valence-electron chi connectivity index (χ0n) is 22.3. The molecule has 0 aliphatic heterocycles. The van der Waals surface area contributed by atoms with Crippen LogP contribution in [0.4, 0.5) is 5.13 Å². The summed E-state index contributed by atoms with van der Waals surface area (Å²) in [6.45, 7) is 0.642. The first-order chi connectivity index (χ1) is 19.4. The molecule has 9 nitrogen and oxygen atoms in total. The summed E-state index contributed by atoms with van der Waals surface area (Å²) in [5.41, 5.74) is 2.39. The lowest BCUT2D eigenvalue weighted by molar-refractivity contribution is -0.116. The Kier molecular flexibility index (Phi) is 10.1. The first kappa shape index (κ1) is 29.0. The van der Waals surface area contributed by atoms with Crippen molar-refractivity contribution >= 4 is 44.2 Å². The molecule has 4 aromatic rings. The molecule has 11 heteroatoms. The van der Waals surface area contributed by atoms with E-state index in [2.05, 4.69) is 31.4 Å². The van der Waals surface area contributed by atoms with E-state index in [1.165, 1.54) is 11.3 Å². The van der Waals surface area contributed by atoms with Crippen LogP contribution in [0.2, 0.25) is 0 Å². The van der Waals surface area contributed by atoms with E-state index in [1.54, 1.807) is 38.4 Å². The molecule has 0 saturated carbocycles. The molecule has 0 unspecified atom stereocenters. The Bertz CT molecular complexity index is 1460. The van der Waals surface area contributed by atoms with Gasteiger partial charge >= 0.3 is 0 Å². The van der Waals surface area contributed by atoms with E-state index in [1.807, 2.05) is 54.6 Å². The van der Waals surface area contributed by atoms with Crippen molar-refractivity contribution in [1.82, 2.24) is 15.1 Å². The number of anilines is 1. The summed E-state index contributed by atoms with van der Waals surface area (Å²) in [4.78, 5) is 27.9. The summed E-state index contributed by atoms with van der Waals surface area (Å²) in [5.74, 6) is 1.59. The monoisotopic (exact) mass is 624 g/mol. The van der Waals surface area contributed by atoms with Gasteiger partial charge in [0.05, 0.1) is 21.3 Å². The minimum absolute atomic E-state index is 0.100. The average molecular weight is 626 g/mol. The van der Waals surface area contributed by atoms with E-state index >= 15 is 0 Å². The van der Waals surface area contributed by atoms with E-state index in [9.17, 15) is 9.59 Å². The quantitative estimate of drug-likeness (QED) is 0.215. The minimum atomic E-state index is -0.254. The number of carbonyl (C=O) groups excluding carboxylic acids is 2. The predicted octanol–water partition coefficient (Wildman–Crippen LogP) is 5.71. The van der Waals surface area contributed by atoms with E-state index < -0.39 is 0 Å². The molecular weight excluding hydrogens is 596 g/mol. The topological polar surface area (TPSA) is 103 Å². The minimum Gasteiger partial charge on any atom is -0.497 e. The number of aromatic nitrogens is 2. The first-order valence-corrected chi connectivity index (χ1v) is 14.0. The highest BCUT2D eigenvalue weighted by Gasteiger charge is 2.19. The lowest BCUT2D eigenvalue weighted by atomic mass is 10.1. The highest BCUT2D eigenvalue weighted by atomic mass is 79.9. The fourth-order valence-electron chi connectivity index (χ4n) is 3.96. The number of nitrogens with zero attached hydrogens (tertiary/aromatic N) is 3. The number of rotatable bonds is 12. The average Bonchev–Trinajstić information content (AvgIpc) is 3.45. The van der Waals surface area contributed by atoms with Gasteiger partial charge in [0.15, 0.2) is 11.5 Å². The van der Waals surface area contributed by atoms with Crippen LogP contribution in [0, 0.1) is 0 Å². The number of amides is 2. The van der Waals surface area contributed by atoms with Gasteiger partial charge in [-0.05, 0) is 66.6 Å². The van der Waals surface area contributed by atoms with Crippen LogP contribution in [0.25, 0.3) is 10.6 Å². The van der Waals surface area contributed by atoms with E-state index in [0.717, 1.165) is 21.3 Å². The van der Waals surface area contributed by atoms with Crippen LogP contribution in [-0.2, 0) is 11.2 Å². The summed E-state index contributed by atoms with van der Waals surface area (Å²) < 4.78 is 16.7. The number of methoxy groups -OCH3 is 3. The van der Waals surface area contributed by atoms with Crippen LogP contribution in [-0.4, -0.2) is 61.3 Å². The third kappa shape index (κ3) is 7.57. The van der Waals surface area contributed by atoms with Crippen molar-refractivity contribution in [2.75, 3.05) is 39.7 Å². The number of benzene rings is 3. The summed E-state index contributed by atoms with van der Waals surface area (Å²) >= 11 is 4.71. The number of carbonyl (C=O) groups is 2. The van der Waals surface area contributed by atoms with Crippen LogP contribution >= 0.6 is 27.3 Å². The second kappa shape index (κ2) is 13.9. The zero-order chi connectivity index (χ0) is 28.5. The molecule has 40 heavy (non-hydrogen) atoms. The SMILES string of the molecule is COc1ccc(-c2nnc(NC(=O)CCN(CCc3ccc(OC)c(OC)c3)C(=O)c3cccc(Br)c3)s2)cc1. The standard InChI is InChI=1S/C29H29BrN4O5S/c1-37-23-10-8-20(9-11-23)27-32-33-29(40-27)31-26(35)14-16-34(28(36)21-5-4-6-22(30)18-21)15-13-19-7-12-24(38-2)25(17-19)39-3/h4-12,17-18H,13-16H2,1-3H3,(H,31,33,35). The van der Waals surface area contributed by atoms with Crippen molar-refractivity contribution in [2.24, 2.45) is 0 Å². The smallest absolute Gasteiger partial charge is 0.253 e. The Morgan fingerprint density at radius 2 is 1.68 bits per heavy atom. The Morgan fingerprint density at radius 1 is 0.900 bits per heavy atom. The van der Waals surface area contributed by atoms with Gasteiger partial charge in [0, 0.05) is 35.1 Å². The van der Waals surface area contributed by atoms with E-state index in [0.29, 0.717) is 40.2 Å². The van der Waals surface area contributed by atoms with E-state index in [-0.39, 0.29) is 24.8 Å². The van der Waals surface area contributed by atoms with E-state index in [4.69, 9.17) is 14.2 Å². The number of nitrogens with one attached hydrogen (secondary N) is 1. The van der Waals surface area contributed by atoms with Gasteiger partial charge in [-0.1, -0.05) is 39.4 Å². The van der Waals surface area contributed by atoms with Gasteiger partial charge in [0.1, 0.15) is 10.8 Å². The molecule has 0 aliphatic carbocycles. The molecule has 0 fully saturated rings. The third-order valence-electron chi connectivity index (χ3n) is 6.09. The predicted molar refractivity (Wildman–Crippen MR) is 158 cm³/mol. The molecule has 1 aromatic heterocycles. The molecule has 1 heterocycles. The van der Waals surface area contributed by atoms with Crippen molar-refractivity contribution in [3.8, 4) is 27.8 Å². The summed E-state index contributed by atoms with van der Waals surface area (Å²) in [6.07, 6.45) is 0.673. The molecule has 208 valence electrons. The van der Waals surface area contributed by atoms with Crippen molar-refractivity contribution in [3.05, 3.63) is 82.3 Å². The summed E-state index contributed by atoms with van der Waals surface area (Å²) in [6, 6.07) is 20.3. The molecule has 2 amide bonds. The van der Waals surface area contributed by atoms with Crippen LogP contribution in [0.1, 0.15) is 22.3 Å². The highest BCUT2D eigenvalue weighted by Crippen LogP contribution is 2.29. The molecule has 0 spiro atoms. The highest BCUT2D eigenvalue weighted by molar-refractivity contribution is 9.10. The largest absolute Gasteiger partial charge is 0.497 e. The number of hydrogen-bond acceptors (Lipinski definition) is 8. The maximum atomic E-state index is 13.4. The van der Waals surface area contributed by atoms with Crippen LogP contribution in [0.3, 0.4) is 0 Å². The van der Waals surface area contributed by atoms with Gasteiger partial charge in [-0.3, -0.25) is 9.59 Å². The van der Waals surface area contributed by atoms with Crippen LogP contribution in [0.15, 0.2) is 71.2 Å². The normalized spacial score (nSPS) is 10.6. The molecule has 0 aliphatic rings. The van der Waals surface area contributed by atoms with Crippen LogP contribution < -0.4 is 19.5 Å².